The van der Waals surface area contributed by atoms with E-state index in [0.717, 1.165) is 11.9 Å². The number of β-lactam (4-membered cyclic amide) rings is 1. The van der Waals surface area contributed by atoms with Crippen LogP contribution in [0.5, 0.6) is 0 Å². The van der Waals surface area contributed by atoms with E-state index in [-0.39, 0.29) is 17.1 Å². The number of likely N-dealkylation sites (N-methyl/N-ethyl adjacent to an activating group) is 1. The Morgan fingerprint density at radius 1 is 1.09 bits per heavy atom. The van der Waals surface area contributed by atoms with E-state index in [4.69, 9.17) is 0 Å². The first-order chi connectivity index (χ1) is 20.9. The molecule has 4 rings (SSSR count). The molecule has 5 N–H and O–H groups in total. The van der Waals surface area contributed by atoms with E-state index in [1.165, 1.54) is 34.9 Å². The molecule has 0 aromatic heterocycles. The molecule has 2 heterocycles. The number of hydrogen-bond acceptors (Lipinski definition) is 10. The van der Waals surface area contributed by atoms with Crippen molar-refractivity contribution in [3.8, 4) is 0 Å². The van der Waals surface area contributed by atoms with Crippen molar-refractivity contribution in [3.05, 3.63) is 70.3 Å². The van der Waals surface area contributed by atoms with Crippen LogP contribution in [0.3, 0.4) is 0 Å². The largest absolute Gasteiger partial charge is 0.480 e. The Balaban J connectivity index is 1.48. The molecule has 14 nitrogen and oxygen atoms in total. The van der Waals surface area contributed by atoms with Crippen LogP contribution in [0.15, 0.2) is 59.5 Å². The first-order valence-corrected chi connectivity index (χ1v) is 15.4. The maximum atomic E-state index is 13.5. The van der Waals surface area contributed by atoms with Crippen molar-refractivity contribution in [2.24, 2.45) is 0 Å². The summed E-state index contributed by atoms with van der Waals surface area (Å²) in [5.74, 6) is -3.54. The van der Waals surface area contributed by atoms with Crippen LogP contribution in [-0.2, 0) is 24.0 Å². The highest BCUT2D eigenvalue weighted by molar-refractivity contribution is 8.01. The van der Waals surface area contributed by atoms with Gasteiger partial charge in [-0.1, -0.05) is 42.5 Å². The van der Waals surface area contributed by atoms with E-state index >= 15 is 0 Å². The number of nitro groups is 1. The van der Waals surface area contributed by atoms with Gasteiger partial charge in [-0.05, 0) is 44.3 Å². The molecule has 0 radical (unpaired) electrons. The smallest absolute Gasteiger partial charge is 0.327 e. The quantitative estimate of drug-likeness (QED) is 0.0918. The summed E-state index contributed by atoms with van der Waals surface area (Å²) in [7, 11) is 0. The summed E-state index contributed by atoms with van der Waals surface area (Å²) in [6.07, 6.45) is -0.417. The number of aliphatic carboxylic acids is 1. The first kappa shape index (κ1) is 32.8. The molecule has 16 heteroatoms. The number of carboxylic acids is 1. The first-order valence-electron chi connectivity index (χ1n) is 13.7. The number of carboxylic acid groups (broad SMARTS) is 1. The third-order valence-corrected chi connectivity index (χ3v) is 9.64. The zero-order valence-corrected chi connectivity index (χ0v) is 25.6. The van der Waals surface area contributed by atoms with Crippen molar-refractivity contribution in [2.45, 2.75) is 66.4 Å². The number of benzene rings is 2. The molecule has 234 valence electrons. The molecule has 0 aliphatic carbocycles. The monoisotopic (exact) mass is 644 g/mol. The van der Waals surface area contributed by atoms with Gasteiger partial charge in [-0.2, -0.15) is 0 Å². The van der Waals surface area contributed by atoms with E-state index < -0.39 is 75.2 Å². The average Bonchev–Trinajstić information content (AvgIpc) is 3.24. The summed E-state index contributed by atoms with van der Waals surface area (Å²) in [5, 5.41) is 28.4. The topological polar surface area (TPSA) is 200 Å². The Bertz CT molecular complexity index is 1460. The van der Waals surface area contributed by atoms with E-state index in [2.05, 4.69) is 20.7 Å². The number of rotatable bonds is 13. The van der Waals surface area contributed by atoms with Crippen LogP contribution in [-0.4, -0.2) is 79.3 Å². The molecule has 0 saturated carbocycles. The van der Waals surface area contributed by atoms with Crippen LogP contribution < -0.4 is 20.7 Å². The predicted octanol–water partition coefficient (Wildman–Crippen LogP) is 1.58. The molecule has 2 aromatic carbocycles. The summed E-state index contributed by atoms with van der Waals surface area (Å²) < 4.78 is 2.05. The number of hydrogen-bond donors (Lipinski definition) is 5. The Morgan fingerprint density at radius 3 is 2.39 bits per heavy atom. The van der Waals surface area contributed by atoms with E-state index in [0.29, 0.717) is 5.56 Å². The zero-order chi connectivity index (χ0) is 32.2. The van der Waals surface area contributed by atoms with E-state index in [9.17, 15) is 39.2 Å². The molecule has 44 heavy (non-hydrogen) atoms. The van der Waals surface area contributed by atoms with Crippen LogP contribution in [0.25, 0.3) is 0 Å². The van der Waals surface area contributed by atoms with Crippen molar-refractivity contribution in [2.75, 3.05) is 6.54 Å². The fourth-order valence-electron chi connectivity index (χ4n) is 5.05. The van der Waals surface area contributed by atoms with Crippen molar-refractivity contribution in [3.63, 3.8) is 0 Å². The summed E-state index contributed by atoms with van der Waals surface area (Å²) in [4.78, 5) is 76.8. The molecule has 2 aliphatic rings. The standard InChI is InChI=1S/C28H32N6O8S2/c1-4-29-23(36)16(32-44-18-13-9-8-12-17(18)34(41)42)14-19(35)30-20(15-10-6-5-7-11-15)24(37)31-21-25(38)33-22(27(39)40)28(2,3)43-26(21)33/h5-13,16,20-22,26,32H,4,14H2,1-3H3,(H,29,36)(H,30,35)(H,31,37)(H,39,40)/t16?,20?,21-,22+,26-/m1/s1. The van der Waals surface area contributed by atoms with Gasteiger partial charge in [0.1, 0.15) is 34.4 Å². The Morgan fingerprint density at radius 2 is 1.75 bits per heavy atom. The number of nitrogens with zero attached hydrogens (tertiary/aromatic N) is 2. The molecule has 2 aliphatic heterocycles. The van der Waals surface area contributed by atoms with Gasteiger partial charge in [-0.3, -0.25) is 29.3 Å². The van der Waals surface area contributed by atoms with Crippen molar-refractivity contribution >= 4 is 59.0 Å². The summed E-state index contributed by atoms with van der Waals surface area (Å²) in [5.41, 5.74) is 0.245. The van der Waals surface area contributed by atoms with Gasteiger partial charge in [0.25, 0.3) is 5.69 Å². The maximum Gasteiger partial charge on any atom is 0.327 e. The molecule has 2 saturated heterocycles. The lowest BCUT2D eigenvalue weighted by molar-refractivity contribution is -0.387. The van der Waals surface area contributed by atoms with Gasteiger partial charge in [-0.15, -0.1) is 11.8 Å². The van der Waals surface area contributed by atoms with Crippen LogP contribution in [0, 0.1) is 10.1 Å². The second kappa shape index (κ2) is 13.7. The highest BCUT2D eigenvalue weighted by Crippen LogP contribution is 2.50. The molecular formula is C28H32N6O8S2. The molecule has 0 bridgehead atoms. The summed E-state index contributed by atoms with van der Waals surface area (Å²) in [6, 6.07) is 9.87. The minimum Gasteiger partial charge on any atom is -0.480 e. The number of fused-ring (bicyclic) bond motifs is 1. The molecule has 2 unspecified atom stereocenters. The van der Waals surface area contributed by atoms with Crippen LogP contribution in [0.2, 0.25) is 0 Å². The second-order valence-electron chi connectivity index (χ2n) is 10.6. The van der Waals surface area contributed by atoms with Gasteiger partial charge in [0.15, 0.2) is 0 Å². The number of nitrogens with one attached hydrogen (secondary N) is 4. The SMILES string of the molecule is CCNC(=O)C(CC(=O)NC(C(=O)N[C@@H]1C(=O)N2[C@@H]1SC(C)(C)[C@@H]2C(=O)O)c1ccccc1)NSc1ccccc1[N+](=O)[O-]. The van der Waals surface area contributed by atoms with Crippen LogP contribution in [0.1, 0.15) is 38.8 Å². The fourth-order valence-corrected chi connectivity index (χ4v) is 7.53. The summed E-state index contributed by atoms with van der Waals surface area (Å²) in [6.45, 7) is 5.42. The lowest BCUT2D eigenvalue weighted by atomic mass is 9.95. The molecule has 2 aromatic rings. The van der Waals surface area contributed by atoms with Crippen molar-refractivity contribution < 1.29 is 34.0 Å². The third-order valence-electron chi connectivity index (χ3n) is 7.10. The van der Waals surface area contributed by atoms with Gasteiger partial charge in [-0.25, -0.2) is 9.52 Å². The number of carbonyl (C=O) groups is 5. The second-order valence-corrected chi connectivity index (χ2v) is 13.2. The highest BCUT2D eigenvalue weighted by Gasteiger charge is 2.64. The van der Waals surface area contributed by atoms with Gasteiger partial charge in [0, 0.05) is 17.4 Å². The molecule has 0 spiro atoms. The minimum absolute atomic E-state index is 0.174. The van der Waals surface area contributed by atoms with Crippen molar-refractivity contribution in [1.29, 1.82) is 0 Å². The van der Waals surface area contributed by atoms with Crippen LogP contribution >= 0.6 is 23.7 Å². The average molecular weight is 645 g/mol. The zero-order valence-electron chi connectivity index (χ0n) is 24.0. The van der Waals surface area contributed by atoms with Gasteiger partial charge < -0.3 is 26.0 Å². The molecule has 5 atom stereocenters. The number of carbonyl (C=O) groups excluding carboxylic acids is 4. The van der Waals surface area contributed by atoms with E-state index in [1.54, 1.807) is 57.2 Å². The third kappa shape index (κ3) is 6.97. The van der Waals surface area contributed by atoms with Gasteiger partial charge in [0.05, 0.1) is 11.3 Å². The summed E-state index contributed by atoms with van der Waals surface area (Å²) >= 11 is 2.11. The molecule has 4 amide bonds. The molecular weight excluding hydrogens is 612 g/mol. The van der Waals surface area contributed by atoms with Crippen LogP contribution in [0.4, 0.5) is 5.69 Å². The number of nitro benzene ring substituents is 1. The molecule has 2 fully saturated rings. The fraction of sp³-hybridized carbons (Fsp3) is 0.393. The van der Waals surface area contributed by atoms with E-state index in [1.807, 2.05) is 0 Å². The van der Waals surface area contributed by atoms with Gasteiger partial charge >= 0.3 is 5.97 Å². The number of thioether (sulfide) groups is 1. The normalized spacial score (nSPS) is 21.3. The van der Waals surface area contributed by atoms with Crippen molar-refractivity contribution in [1.82, 2.24) is 25.6 Å². The lowest BCUT2D eigenvalue weighted by Crippen LogP contribution is -2.71. The highest BCUT2D eigenvalue weighted by atomic mass is 32.2. The Labute approximate surface area is 261 Å². The Hall–Kier alpha value is -4.15. The predicted molar refractivity (Wildman–Crippen MR) is 162 cm³/mol. The minimum atomic E-state index is -1.24. The lowest BCUT2D eigenvalue weighted by Gasteiger charge is -2.44. The van der Waals surface area contributed by atoms with Gasteiger partial charge in [0.2, 0.25) is 23.6 Å². The maximum absolute atomic E-state index is 13.5. The number of para-hydroxylation sites is 1. The Kier molecular flexibility index (Phi) is 10.2. The number of amides is 4.